The number of halogens is 2. The number of carbonyl (C=O) groups is 1. The van der Waals surface area contributed by atoms with Gasteiger partial charge in [0.05, 0.1) is 0 Å². The van der Waals surface area contributed by atoms with Gasteiger partial charge in [-0.25, -0.2) is 9.78 Å². The number of fused-ring (bicyclic) bond motifs is 2. The number of nitrogens with zero attached hydrogens (tertiary/aromatic N) is 5. The van der Waals surface area contributed by atoms with Crippen molar-refractivity contribution in [2.75, 3.05) is 11.9 Å². The average molecular weight is 391 g/mol. The quantitative estimate of drug-likeness (QED) is 0.687. The number of nitrogens with one attached hydrogen (secondary N) is 1. The van der Waals surface area contributed by atoms with Gasteiger partial charge in [0.25, 0.3) is 11.7 Å². The maximum Gasteiger partial charge on any atom is 0.324 e. The van der Waals surface area contributed by atoms with Crippen molar-refractivity contribution >= 4 is 41.0 Å². The monoisotopic (exact) mass is 390 g/mol. The topological polar surface area (TPSA) is 75.4 Å². The van der Waals surface area contributed by atoms with Crippen molar-refractivity contribution in [1.82, 2.24) is 24.5 Å². The second kappa shape index (κ2) is 6.41. The number of urea groups is 1. The Kier molecular flexibility index (Phi) is 4.20. The summed E-state index contributed by atoms with van der Waals surface area (Å²) in [5.41, 5.74) is 3.75. The van der Waals surface area contributed by atoms with Crippen LogP contribution in [0.3, 0.4) is 0 Å². The smallest absolute Gasteiger partial charge is 0.320 e. The highest BCUT2D eigenvalue weighted by Crippen LogP contribution is 2.30. The molecule has 4 rings (SSSR count). The predicted molar refractivity (Wildman–Crippen MR) is 99.9 cm³/mol. The fourth-order valence-corrected chi connectivity index (χ4v) is 3.74. The molecule has 0 saturated carbocycles. The number of amides is 2. The van der Waals surface area contributed by atoms with Gasteiger partial charge >= 0.3 is 6.03 Å². The standard InChI is InChI=1S/C17H16Cl2N6O/c1-9-5-10(2)25-16(20-9)21-15(23-25)22-17(26)24-4-3-11-6-12(18)7-14(19)13(11)8-24/h5-7H,3-4,8H2,1-2H3,(H,22,23,26). The van der Waals surface area contributed by atoms with E-state index in [0.717, 1.165) is 22.5 Å². The molecular weight excluding hydrogens is 375 g/mol. The van der Waals surface area contributed by atoms with Gasteiger partial charge in [-0.2, -0.15) is 9.50 Å². The van der Waals surface area contributed by atoms with E-state index >= 15 is 0 Å². The fourth-order valence-electron chi connectivity index (χ4n) is 3.15. The van der Waals surface area contributed by atoms with Crippen LogP contribution in [0, 0.1) is 13.8 Å². The number of carbonyl (C=O) groups excluding carboxylic acids is 1. The number of rotatable bonds is 1. The lowest BCUT2D eigenvalue weighted by Crippen LogP contribution is -2.39. The van der Waals surface area contributed by atoms with E-state index in [1.807, 2.05) is 26.0 Å². The molecule has 0 bridgehead atoms. The molecule has 1 aliphatic heterocycles. The van der Waals surface area contributed by atoms with Gasteiger partial charge in [-0.15, -0.1) is 5.10 Å². The number of anilines is 1. The third-order valence-corrected chi connectivity index (χ3v) is 4.93. The number of hydrogen-bond donors (Lipinski definition) is 1. The number of benzene rings is 1. The molecule has 134 valence electrons. The zero-order chi connectivity index (χ0) is 18.4. The van der Waals surface area contributed by atoms with Crippen molar-refractivity contribution in [2.24, 2.45) is 0 Å². The van der Waals surface area contributed by atoms with E-state index in [-0.39, 0.29) is 12.0 Å². The van der Waals surface area contributed by atoms with Crippen LogP contribution in [0.2, 0.25) is 10.0 Å². The second-order valence-corrected chi connectivity index (χ2v) is 7.16. The largest absolute Gasteiger partial charge is 0.324 e. The lowest BCUT2D eigenvalue weighted by Gasteiger charge is -2.29. The number of aryl methyl sites for hydroxylation is 2. The van der Waals surface area contributed by atoms with Crippen molar-refractivity contribution in [3.05, 3.63) is 50.8 Å². The van der Waals surface area contributed by atoms with Crippen LogP contribution in [-0.4, -0.2) is 37.1 Å². The average Bonchev–Trinajstić information content (AvgIpc) is 2.97. The Labute approximate surface area is 159 Å². The van der Waals surface area contributed by atoms with Crippen LogP contribution in [0.25, 0.3) is 5.78 Å². The van der Waals surface area contributed by atoms with Crippen LogP contribution in [0.4, 0.5) is 10.7 Å². The highest BCUT2D eigenvalue weighted by molar-refractivity contribution is 6.35. The molecule has 0 spiro atoms. The zero-order valence-electron chi connectivity index (χ0n) is 14.3. The summed E-state index contributed by atoms with van der Waals surface area (Å²) in [5.74, 6) is 0.684. The molecule has 0 fully saturated rings. The van der Waals surface area contributed by atoms with Gasteiger partial charge in [0.2, 0.25) is 0 Å². The molecule has 0 unspecified atom stereocenters. The first-order valence-corrected chi connectivity index (χ1v) is 8.90. The molecule has 0 saturated heterocycles. The van der Waals surface area contributed by atoms with E-state index in [1.165, 1.54) is 0 Å². The molecule has 2 amide bonds. The Morgan fingerprint density at radius 2 is 2.00 bits per heavy atom. The Bertz CT molecular complexity index is 1030. The van der Waals surface area contributed by atoms with Crippen molar-refractivity contribution in [1.29, 1.82) is 0 Å². The Morgan fingerprint density at radius 1 is 1.19 bits per heavy atom. The molecular formula is C17H16Cl2N6O. The highest BCUT2D eigenvalue weighted by atomic mass is 35.5. The first-order chi connectivity index (χ1) is 12.4. The highest BCUT2D eigenvalue weighted by Gasteiger charge is 2.24. The molecule has 3 aromatic rings. The molecule has 1 aliphatic rings. The summed E-state index contributed by atoms with van der Waals surface area (Å²) in [6.45, 7) is 4.79. The van der Waals surface area contributed by atoms with Crippen LogP contribution < -0.4 is 5.32 Å². The summed E-state index contributed by atoms with van der Waals surface area (Å²) >= 11 is 12.3. The predicted octanol–water partition coefficient (Wildman–Crippen LogP) is 3.64. The molecule has 9 heteroatoms. The van der Waals surface area contributed by atoms with Crippen LogP contribution >= 0.6 is 23.2 Å². The van der Waals surface area contributed by atoms with E-state index in [0.29, 0.717) is 35.3 Å². The summed E-state index contributed by atoms with van der Waals surface area (Å²) in [6.07, 6.45) is 0.696. The van der Waals surface area contributed by atoms with E-state index in [4.69, 9.17) is 23.2 Å². The molecule has 1 aromatic carbocycles. The first kappa shape index (κ1) is 17.1. The van der Waals surface area contributed by atoms with E-state index in [9.17, 15) is 4.79 Å². The molecule has 3 heterocycles. The Balaban J connectivity index is 1.55. The van der Waals surface area contributed by atoms with Gasteiger partial charge in [-0.3, -0.25) is 5.32 Å². The Hall–Kier alpha value is -2.38. The third-order valence-electron chi connectivity index (χ3n) is 4.38. The minimum absolute atomic E-state index is 0.226. The fraction of sp³-hybridized carbons (Fsp3) is 0.294. The molecule has 0 radical (unpaired) electrons. The summed E-state index contributed by atoms with van der Waals surface area (Å²) in [4.78, 5) is 22.9. The normalized spacial score (nSPS) is 13.8. The van der Waals surface area contributed by atoms with Crippen molar-refractivity contribution in [2.45, 2.75) is 26.8 Å². The lowest BCUT2D eigenvalue weighted by atomic mass is 10.00. The van der Waals surface area contributed by atoms with Gasteiger partial charge < -0.3 is 4.90 Å². The first-order valence-electron chi connectivity index (χ1n) is 8.14. The molecule has 1 N–H and O–H groups in total. The molecule has 0 atom stereocenters. The molecule has 0 aliphatic carbocycles. The molecule has 2 aromatic heterocycles. The number of aromatic nitrogens is 4. The van der Waals surface area contributed by atoms with Crippen molar-refractivity contribution < 1.29 is 4.79 Å². The summed E-state index contributed by atoms with van der Waals surface area (Å²) in [5, 5.41) is 8.23. The van der Waals surface area contributed by atoms with Gasteiger partial charge in [0, 0.05) is 34.5 Å². The van der Waals surface area contributed by atoms with Gasteiger partial charge in [0.1, 0.15) is 0 Å². The molecule has 26 heavy (non-hydrogen) atoms. The van der Waals surface area contributed by atoms with Crippen LogP contribution in [0.1, 0.15) is 22.5 Å². The van der Waals surface area contributed by atoms with E-state index in [1.54, 1.807) is 15.5 Å². The van der Waals surface area contributed by atoms with E-state index in [2.05, 4.69) is 20.4 Å². The summed E-state index contributed by atoms with van der Waals surface area (Å²) < 4.78 is 1.60. The van der Waals surface area contributed by atoms with Gasteiger partial charge in [-0.1, -0.05) is 23.2 Å². The van der Waals surface area contributed by atoms with Crippen LogP contribution in [0.5, 0.6) is 0 Å². The minimum atomic E-state index is -0.271. The molecule has 7 nitrogen and oxygen atoms in total. The van der Waals surface area contributed by atoms with E-state index < -0.39 is 0 Å². The zero-order valence-corrected chi connectivity index (χ0v) is 15.8. The lowest BCUT2D eigenvalue weighted by molar-refractivity contribution is 0.206. The maximum atomic E-state index is 12.6. The van der Waals surface area contributed by atoms with Crippen molar-refractivity contribution in [3.8, 4) is 0 Å². The number of hydrogen-bond acceptors (Lipinski definition) is 4. The van der Waals surface area contributed by atoms with Crippen molar-refractivity contribution in [3.63, 3.8) is 0 Å². The Morgan fingerprint density at radius 3 is 2.81 bits per heavy atom. The van der Waals surface area contributed by atoms with Gasteiger partial charge in [0.15, 0.2) is 0 Å². The SMILES string of the molecule is Cc1cc(C)n2nc(NC(=O)N3CCc4cc(Cl)cc(Cl)c4C3)nc2n1. The summed E-state index contributed by atoms with van der Waals surface area (Å²) in [7, 11) is 0. The van der Waals surface area contributed by atoms with Crippen LogP contribution in [0.15, 0.2) is 18.2 Å². The minimum Gasteiger partial charge on any atom is -0.320 e. The maximum absolute atomic E-state index is 12.6. The second-order valence-electron chi connectivity index (χ2n) is 6.31. The summed E-state index contributed by atoms with van der Waals surface area (Å²) in [6, 6.07) is 5.23. The third kappa shape index (κ3) is 3.08. The van der Waals surface area contributed by atoms with Gasteiger partial charge in [-0.05, 0) is 49.6 Å². The van der Waals surface area contributed by atoms with Crippen LogP contribution in [-0.2, 0) is 13.0 Å².